The summed E-state index contributed by atoms with van der Waals surface area (Å²) in [5.74, 6) is 2.80. The van der Waals surface area contributed by atoms with Crippen molar-refractivity contribution >= 4 is 0 Å². The number of aromatic amines is 1. The third-order valence-electron chi connectivity index (χ3n) is 3.23. The number of imidazole rings is 1. The van der Waals surface area contributed by atoms with Gasteiger partial charge in [-0.15, -0.1) is 0 Å². The van der Waals surface area contributed by atoms with Crippen LogP contribution in [0.1, 0.15) is 114 Å². The van der Waals surface area contributed by atoms with Crippen LogP contribution in [0, 0.1) is 19.8 Å². The van der Waals surface area contributed by atoms with Gasteiger partial charge in [-0.1, -0.05) is 71.8 Å². The summed E-state index contributed by atoms with van der Waals surface area (Å²) in [4.78, 5) is 7.97. The van der Waals surface area contributed by atoms with Gasteiger partial charge in [0.15, 0.2) is 0 Å². The molecule has 22 heavy (non-hydrogen) atoms. The van der Waals surface area contributed by atoms with Gasteiger partial charge in [-0.05, 0) is 39.0 Å². The molecule has 1 fully saturated rings. The second-order valence-corrected chi connectivity index (χ2v) is 4.45. The predicted octanol–water partition coefficient (Wildman–Crippen LogP) is 8.16. The van der Waals surface area contributed by atoms with E-state index in [1.165, 1.54) is 30.8 Å². The number of aryl methyl sites for hydroxylation is 2. The molecule has 0 radical (unpaired) electrons. The first-order valence-electron chi connectivity index (χ1n) is 7.20. The molecule has 1 aliphatic carbocycles. The average Bonchev–Trinajstić information content (AvgIpc) is 2.92. The summed E-state index contributed by atoms with van der Waals surface area (Å²) in [6.07, 6.45) is 3.99. The van der Waals surface area contributed by atoms with Crippen LogP contribution in [0.4, 0.5) is 0 Å². The molecule has 0 saturated heterocycles. The van der Waals surface area contributed by atoms with Crippen LogP contribution < -0.4 is 0 Å². The van der Waals surface area contributed by atoms with E-state index in [0.717, 1.165) is 11.6 Å². The van der Waals surface area contributed by atoms with E-state index in [1.807, 2.05) is 27.7 Å². The minimum Gasteiger partial charge on any atom is -0.346 e. The molecule has 2 atom stereocenters. The van der Waals surface area contributed by atoms with Crippen molar-refractivity contribution in [1.82, 2.24) is 9.97 Å². The number of hydrogen-bond donors (Lipinski definition) is 1. The topological polar surface area (TPSA) is 28.7 Å². The molecule has 140 valence electrons. The van der Waals surface area contributed by atoms with Gasteiger partial charge in [0, 0.05) is 11.6 Å². The number of rotatable bonds is 1. The Labute approximate surface area is 144 Å². The van der Waals surface area contributed by atoms with Crippen molar-refractivity contribution in [2.75, 3.05) is 0 Å². The lowest BCUT2D eigenvalue weighted by molar-refractivity contribution is 0.587. The Kier molecular flexibility index (Phi) is 34.4. The fourth-order valence-corrected chi connectivity index (χ4v) is 2.22. The molecule has 0 aliphatic heterocycles. The van der Waals surface area contributed by atoms with Crippen LogP contribution in [0.15, 0.2) is 0 Å². The second-order valence-electron chi connectivity index (χ2n) is 4.45. The van der Waals surface area contributed by atoms with Crippen molar-refractivity contribution in [3.63, 3.8) is 0 Å². The first kappa shape index (κ1) is 37.4. The van der Waals surface area contributed by atoms with Gasteiger partial charge in [-0.3, -0.25) is 0 Å². The zero-order valence-corrected chi connectivity index (χ0v) is 12.7. The Morgan fingerprint density at radius 2 is 1.32 bits per heavy atom. The molecule has 1 aromatic heterocycles. The van der Waals surface area contributed by atoms with Gasteiger partial charge in [0.05, 0.1) is 5.69 Å². The Bertz CT molecular complexity index is 283. The summed E-state index contributed by atoms with van der Waals surface area (Å²) >= 11 is 0. The van der Waals surface area contributed by atoms with Gasteiger partial charge in [-0.25, -0.2) is 4.98 Å². The molecule has 2 unspecified atom stereocenters. The summed E-state index contributed by atoms with van der Waals surface area (Å²) < 4.78 is 0. The largest absolute Gasteiger partial charge is 0.346 e. The smallest absolute Gasteiger partial charge is 0.109 e. The third kappa shape index (κ3) is 10.9. The zero-order valence-electron chi connectivity index (χ0n) is 12.7. The standard InChI is InChI=1S/C11H18N2.2C2H6.5CH4/c1-7-4-5-10(6-7)11-12-8(2)9(3)13-11;2*1-2;;;;;/h7,10H,4-6H2,1-3H3,(H,12,13);2*1-2H3;5*1H4. The number of nitrogens with one attached hydrogen (secondary N) is 1. The number of H-pyrrole nitrogens is 1. The lowest BCUT2D eigenvalue weighted by Crippen LogP contribution is -1.96. The van der Waals surface area contributed by atoms with Crippen LogP contribution in [0.3, 0.4) is 0 Å². The van der Waals surface area contributed by atoms with Crippen LogP contribution in [-0.2, 0) is 0 Å². The van der Waals surface area contributed by atoms with Crippen molar-refractivity contribution in [2.45, 2.75) is 111 Å². The minimum atomic E-state index is 0. The molecular weight excluding hydrogens is 268 g/mol. The SMILES string of the molecule is C.C.C.C.C.CC.CC.Cc1nc(C2CCC(C)C2)[nH]c1C. The normalized spacial score (nSPS) is 17.2. The lowest BCUT2D eigenvalue weighted by atomic mass is 10.1. The second kappa shape index (κ2) is 20.2. The summed E-state index contributed by atoms with van der Waals surface area (Å²) in [5, 5.41) is 0. The van der Waals surface area contributed by atoms with Crippen molar-refractivity contribution in [1.29, 1.82) is 0 Å². The molecule has 1 heterocycles. The van der Waals surface area contributed by atoms with Gasteiger partial charge in [0.25, 0.3) is 0 Å². The fourth-order valence-electron chi connectivity index (χ4n) is 2.22. The molecule has 2 nitrogen and oxygen atoms in total. The molecule has 0 amide bonds. The van der Waals surface area contributed by atoms with Crippen LogP contribution in [0.25, 0.3) is 0 Å². The molecule has 0 spiro atoms. The highest BCUT2D eigenvalue weighted by Gasteiger charge is 2.25. The first-order chi connectivity index (χ1) is 8.16. The molecule has 2 heteroatoms. The van der Waals surface area contributed by atoms with Crippen molar-refractivity contribution in [2.24, 2.45) is 5.92 Å². The summed E-state index contributed by atoms with van der Waals surface area (Å²) in [6.45, 7) is 14.5. The van der Waals surface area contributed by atoms with E-state index in [1.54, 1.807) is 0 Å². The van der Waals surface area contributed by atoms with E-state index < -0.39 is 0 Å². The fraction of sp³-hybridized carbons (Fsp3) is 0.850. The van der Waals surface area contributed by atoms with Gasteiger partial charge >= 0.3 is 0 Å². The predicted molar refractivity (Wildman–Crippen MR) is 110 cm³/mol. The Morgan fingerprint density at radius 3 is 1.59 bits per heavy atom. The van der Waals surface area contributed by atoms with E-state index in [4.69, 9.17) is 0 Å². The summed E-state index contributed by atoms with van der Waals surface area (Å²) in [5.41, 5.74) is 2.39. The molecule has 1 N–H and O–H groups in total. The lowest BCUT2D eigenvalue weighted by Gasteiger charge is -2.04. The Hall–Kier alpha value is -0.790. The minimum absolute atomic E-state index is 0. The highest BCUT2D eigenvalue weighted by atomic mass is 14.9. The number of hydrogen-bond acceptors (Lipinski definition) is 1. The molecule has 0 aromatic carbocycles. The quantitative estimate of drug-likeness (QED) is 0.555. The van der Waals surface area contributed by atoms with Crippen LogP contribution >= 0.6 is 0 Å². The van der Waals surface area contributed by atoms with Gasteiger partial charge < -0.3 is 4.98 Å². The molecule has 1 aromatic rings. The number of nitrogens with zero attached hydrogens (tertiary/aromatic N) is 1. The van der Waals surface area contributed by atoms with Gasteiger partial charge in [0.2, 0.25) is 0 Å². The van der Waals surface area contributed by atoms with Crippen molar-refractivity contribution < 1.29 is 0 Å². The Morgan fingerprint density at radius 1 is 0.864 bits per heavy atom. The van der Waals surface area contributed by atoms with Crippen LogP contribution in [0.5, 0.6) is 0 Å². The molecule has 2 rings (SSSR count). The third-order valence-corrected chi connectivity index (χ3v) is 3.23. The summed E-state index contributed by atoms with van der Waals surface area (Å²) in [6, 6.07) is 0. The molecule has 1 saturated carbocycles. The van der Waals surface area contributed by atoms with E-state index in [2.05, 4.69) is 30.7 Å². The maximum Gasteiger partial charge on any atom is 0.109 e. The highest BCUT2D eigenvalue weighted by Crippen LogP contribution is 2.36. The molecule has 0 bridgehead atoms. The first-order valence-corrected chi connectivity index (χ1v) is 7.20. The average molecular weight is 319 g/mol. The van der Waals surface area contributed by atoms with E-state index in [0.29, 0.717) is 5.92 Å². The maximum absolute atomic E-state index is 4.57. The van der Waals surface area contributed by atoms with Crippen molar-refractivity contribution in [3.8, 4) is 0 Å². The van der Waals surface area contributed by atoms with E-state index in [-0.39, 0.29) is 37.1 Å². The van der Waals surface area contributed by atoms with Crippen molar-refractivity contribution in [3.05, 3.63) is 17.2 Å². The van der Waals surface area contributed by atoms with Crippen LogP contribution in [-0.4, -0.2) is 9.97 Å². The van der Waals surface area contributed by atoms with E-state index in [9.17, 15) is 0 Å². The molecule has 1 aliphatic rings. The highest BCUT2D eigenvalue weighted by molar-refractivity contribution is 5.14. The molecular formula is C20H50N2. The van der Waals surface area contributed by atoms with Gasteiger partial charge in [0.1, 0.15) is 5.82 Å². The summed E-state index contributed by atoms with van der Waals surface area (Å²) in [7, 11) is 0. The maximum atomic E-state index is 4.57. The van der Waals surface area contributed by atoms with E-state index >= 15 is 0 Å². The number of aromatic nitrogens is 2. The zero-order chi connectivity index (χ0) is 13.4. The Balaban J connectivity index is -0.0000000662. The van der Waals surface area contributed by atoms with Gasteiger partial charge in [-0.2, -0.15) is 0 Å². The van der Waals surface area contributed by atoms with Crippen LogP contribution in [0.2, 0.25) is 0 Å². The monoisotopic (exact) mass is 318 g/mol.